The van der Waals surface area contributed by atoms with Gasteiger partial charge in [0.2, 0.25) is 0 Å². The first-order chi connectivity index (χ1) is 11.8. The molecule has 1 amide bonds. The van der Waals surface area contributed by atoms with Gasteiger partial charge in [-0.1, -0.05) is 23.4 Å². The Morgan fingerprint density at radius 3 is 2.79 bits per heavy atom. The SMILES string of the molecule is COC[C@H]1CN(C(=O)c2ccccc2)Cc2nnn(CC3CC3)c21. The number of ether oxygens (including phenoxy) is 1. The lowest BCUT2D eigenvalue weighted by molar-refractivity contribution is 0.0672. The zero-order chi connectivity index (χ0) is 16.5. The number of hydrogen-bond donors (Lipinski definition) is 0. The van der Waals surface area contributed by atoms with Gasteiger partial charge in [-0.25, -0.2) is 4.68 Å². The smallest absolute Gasteiger partial charge is 0.254 e. The molecule has 2 heterocycles. The van der Waals surface area contributed by atoms with Crippen molar-refractivity contribution in [1.29, 1.82) is 0 Å². The van der Waals surface area contributed by atoms with Crippen LogP contribution in [0.4, 0.5) is 0 Å². The average Bonchev–Trinajstić information content (AvgIpc) is 3.34. The van der Waals surface area contributed by atoms with Crippen LogP contribution in [0.1, 0.15) is 40.5 Å². The second kappa shape index (κ2) is 6.36. The Labute approximate surface area is 141 Å². The van der Waals surface area contributed by atoms with Crippen LogP contribution in [0.2, 0.25) is 0 Å². The lowest BCUT2D eigenvalue weighted by atomic mass is 9.98. The summed E-state index contributed by atoms with van der Waals surface area (Å²) < 4.78 is 7.45. The van der Waals surface area contributed by atoms with Crippen LogP contribution in [0, 0.1) is 5.92 Å². The summed E-state index contributed by atoms with van der Waals surface area (Å²) in [7, 11) is 1.70. The lowest BCUT2D eigenvalue weighted by Gasteiger charge is -2.32. The van der Waals surface area contributed by atoms with Crippen LogP contribution in [0.5, 0.6) is 0 Å². The Hall–Kier alpha value is -2.21. The predicted molar refractivity (Wildman–Crippen MR) is 88.5 cm³/mol. The van der Waals surface area contributed by atoms with Crippen molar-refractivity contribution in [2.24, 2.45) is 5.92 Å². The van der Waals surface area contributed by atoms with Crippen molar-refractivity contribution in [2.45, 2.75) is 31.8 Å². The Kier molecular flexibility index (Phi) is 4.06. The fourth-order valence-electron chi connectivity index (χ4n) is 3.44. The summed E-state index contributed by atoms with van der Waals surface area (Å²) >= 11 is 0. The molecule has 0 unspecified atom stereocenters. The maximum atomic E-state index is 12.8. The van der Waals surface area contributed by atoms with E-state index in [0.29, 0.717) is 25.3 Å². The van der Waals surface area contributed by atoms with Crippen LogP contribution < -0.4 is 0 Å². The molecule has 1 aromatic carbocycles. The van der Waals surface area contributed by atoms with Crippen LogP contribution in [-0.4, -0.2) is 46.1 Å². The van der Waals surface area contributed by atoms with Gasteiger partial charge >= 0.3 is 0 Å². The van der Waals surface area contributed by atoms with Gasteiger partial charge in [-0.15, -0.1) is 5.10 Å². The van der Waals surface area contributed by atoms with E-state index >= 15 is 0 Å². The van der Waals surface area contributed by atoms with E-state index < -0.39 is 0 Å². The monoisotopic (exact) mass is 326 g/mol. The third-order valence-corrected chi connectivity index (χ3v) is 4.82. The van der Waals surface area contributed by atoms with Gasteiger partial charge in [-0.3, -0.25) is 4.79 Å². The summed E-state index contributed by atoms with van der Waals surface area (Å²) in [5, 5.41) is 8.71. The largest absolute Gasteiger partial charge is 0.384 e. The molecule has 6 heteroatoms. The van der Waals surface area contributed by atoms with Gasteiger partial charge in [0.25, 0.3) is 5.91 Å². The molecule has 4 rings (SSSR count). The Morgan fingerprint density at radius 2 is 2.08 bits per heavy atom. The normalized spacial score (nSPS) is 20.0. The zero-order valence-electron chi connectivity index (χ0n) is 13.9. The van der Waals surface area contributed by atoms with E-state index in [4.69, 9.17) is 4.74 Å². The molecule has 126 valence electrons. The van der Waals surface area contributed by atoms with E-state index in [2.05, 4.69) is 10.3 Å². The number of fused-ring (bicyclic) bond motifs is 1. The van der Waals surface area contributed by atoms with Crippen molar-refractivity contribution < 1.29 is 9.53 Å². The van der Waals surface area contributed by atoms with Gasteiger partial charge in [-0.05, 0) is 30.9 Å². The van der Waals surface area contributed by atoms with E-state index in [1.54, 1.807) is 7.11 Å². The number of hydrogen-bond acceptors (Lipinski definition) is 4. The van der Waals surface area contributed by atoms with E-state index in [9.17, 15) is 4.79 Å². The third-order valence-electron chi connectivity index (χ3n) is 4.82. The second-order valence-electron chi connectivity index (χ2n) is 6.75. The number of benzene rings is 1. The van der Waals surface area contributed by atoms with Crippen molar-refractivity contribution >= 4 is 5.91 Å². The molecule has 1 aromatic heterocycles. The van der Waals surface area contributed by atoms with Crippen molar-refractivity contribution in [3.8, 4) is 0 Å². The number of carbonyl (C=O) groups is 1. The third kappa shape index (κ3) is 2.94. The molecule has 0 saturated heterocycles. The Morgan fingerprint density at radius 1 is 1.29 bits per heavy atom. The molecule has 24 heavy (non-hydrogen) atoms. The molecule has 1 atom stereocenters. The summed E-state index contributed by atoms with van der Waals surface area (Å²) in [5.74, 6) is 0.905. The van der Waals surface area contributed by atoms with E-state index in [-0.39, 0.29) is 11.8 Å². The minimum Gasteiger partial charge on any atom is -0.384 e. The van der Waals surface area contributed by atoms with Gasteiger partial charge in [0.05, 0.1) is 18.8 Å². The molecule has 0 N–H and O–H groups in total. The first kappa shape index (κ1) is 15.3. The van der Waals surface area contributed by atoms with Gasteiger partial charge in [0.15, 0.2) is 0 Å². The number of aromatic nitrogens is 3. The molecule has 1 aliphatic heterocycles. The fraction of sp³-hybridized carbons (Fsp3) is 0.500. The quantitative estimate of drug-likeness (QED) is 0.844. The predicted octanol–water partition coefficient (Wildman–Crippen LogP) is 2.07. The summed E-state index contributed by atoms with van der Waals surface area (Å²) in [4.78, 5) is 14.6. The molecule has 1 saturated carbocycles. The van der Waals surface area contributed by atoms with Crippen molar-refractivity contribution in [2.75, 3.05) is 20.3 Å². The average molecular weight is 326 g/mol. The summed E-state index contributed by atoms with van der Waals surface area (Å²) in [6, 6.07) is 9.41. The van der Waals surface area contributed by atoms with E-state index in [1.807, 2.05) is 39.9 Å². The second-order valence-corrected chi connectivity index (χ2v) is 6.75. The molecule has 2 aliphatic rings. The Balaban J connectivity index is 1.60. The molecular formula is C18H22N4O2. The molecule has 0 bridgehead atoms. The van der Waals surface area contributed by atoms with Crippen molar-refractivity contribution in [3.63, 3.8) is 0 Å². The summed E-state index contributed by atoms with van der Waals surface area (Å²) in [6.07, 6.45) is 2.56. The highest BCUT2D eigenvalue weighted by atomic mass is 16.5. The molecule has 0 spiro atoms. The standard InChI is InChI=1S/C18H22N4O2/c1-24-12-15-10-21(18(23)14-5-3-2-4-6-14)11-16-17(15)22(20-19-16)9-13-7-8-13/h2-6,13,15H,7-12H2,1H3/t15-/m1/s1. The molecule has 6 nitrogen and oxygen atoms in total. The van der Waals surface area contributed by atoms with Crippen LogP contribution in [0.3, 0.4) is 0 Å². The number of nitrogens with zero attached hydrogens (tertiary/aromatic N) is 4. The molecule has 1 aliphatic carbocycles. The first-order valence-corrected chi connectivity index (χ1v) is 8.51. The molecule has 2 aromatic rings. The zero-order valence-corrected chi connectivity index (χ0v) is 13.9. The van der Waals surface area contributed by atoms with Crippen molar-refractivity contribution in [3.05, 3.63) is 47.3 Å². The number of rotatable bonds is 5. The van der Waals surface area contributed by atoms with Crippen LogP contribution >= 0.6 is 0 Å². The maximum Gasteiger partial charge on any atom is 0.254 e. The Bertz CT molecular complexity index is 724. The lowest BCUT2D eigenvalue weighted by Crippen LogP contribution is -2.40. The van der Waals surface area contributed by atoms with Crippen molar-refractivity contribution in [1.82, 2.24) is 19.9 Å². The van der Waals surface area contributed by atoms with E-state index in [0.717, 1.165) is 23.9 Å². The van der Waals surface area contributed by atoms with Crippen LogP contribution in [0.15, 0.2) is 30.3 Å². The van der Waals surface area contributed by atoms with Gasteiger partial charge in [0.1, 0.15) is 5.69 Å². The van der Waals surface area contributed by atoms with E-state index in [1.165, 1.54) is 12.8 Å². The summed E-state index contributed by atoms with van der Waals surface area (Å²) in [6.45, 7) is 2.68. The van der Waals surface area contributed by atoms with Gasteiger partial charge in [0, 0.05) is 31.7 Å². The number of methoxy groups -OCH3 is 1. The minimum atomic E-state index is 0.0408. The topological polar surface area (TPSA) is 60.2 Å². The molecule has 1 fully saturated rings. The highest BCUT2D eigenvalue weighted by molar-refractivity contribution is 5.94. The minimum absolute atomic E-state index is 0.0408. The highest BCUT2D eigenvalue weighted by Crippen LogP contribution is 2.34. The number of carbonyl (C=O) groups excluding carboxylic acids is 1. The molecular weight excluding hydrogens is 304 g/mol. The van der Waals surface area contributed by atoms with Crippen LogP contribution in [0.25, 0.3) is 0 Å². The number of amides is 1. The highest BCUT2D eigenvalue weighted by Gasteiger charge is 2.34. The first-order valence-electron chi connectivity index (χ1n) is 8.51. The molecule has 0 radical (unpaired) electrons. The maximum absolute atomic E-state index is 12.8. The van der Waals surface area contributed by atoms with Crippen LogP contribution in [-0.2, 0) is 17.8 Å². The fourth-order valence-corrected chi connectivity index (χ4v) is 3.44. The van der Waals surface area contributed by atoms with Gasteiger partial charge in [-0.2, -0.15) is 0 Å². The van der Waals surface area contributed by atoms with Gasteiger partial charge < -0.3 is 9.64 Å². The summed E-state index contributed by atoms with van der Waals surface area (Å²) in [5.41, 5.74) is 2.77.